The number of hydrogen-bond donors (Lipinski definition) is 3. The number of carbonyl (C=O) groups is 1. The number of fused-ring (bicyclic) bond motifs is 1. The molecule has 9 nitrogen and oxygen atoms in total. The van der Waals surface area contributed by atoms with Gasteiger partial charge in [0.25, 0.3) is 0 Å². The lowest BCUT2D eigenvalue weighted by Crippen LogP contribution is -2.63. The molecule has 0 spiro atoms. The topological polar surface area (TPSA) is 81.3 Å². The van der Waals surface area contributed by atoms with Crippen molar-refractivity contribution in [2.24, 2.45) is 5.92 Å². The molecule has 0 bridgehead atoms. The lowest BCUT2D eigenvalue weighted by molar-refractivity contribution is -0.122. The van der Waals surface area contributed by atoms with Crippen molar-refractivity contribution in [3.05, 3.63) is 0 Å². The molecule has 5 fully saturated rings. The largest absolute Gasteiger partial charge is 0.383 e. The molecule has 0 aromatic heterocycles. The molecular weight excluding hydrogens is 492 g/mol. The fourth-order valence-electron chi connectivity index (χ4n) is 8.45. The summed E-state index contributed by atoms with van der Waals surface area (Å²) in [5, 5.41) is 9.54. The first kappa shape index (κ1) is 29.7. The number of rotatable bonds is 10. The average Bonchev–Trinajstić information content (AvgIpc) is 3.34. The van der Waals surface area contributed by atoms with E-state index in [1.54, 1.807) is 7.11 Å². The van der Waals surface area contributed by atoms with Gasteiger partial charge in [0, 0.05) is 71.0 Å². The zero-order valence-electron chi connectivity index (χ0n) is 24.7. The average molecular weight is 549 g/mol. The highest BCUT2D eigenvalue weighted by atomic mass is 16.5. The SMILES string of the molecule is COCCNC(=O)CC(C1CCN(C2CCCCC2)N1)N1CCCN(C2C(OC)CCC3CCCNC32)CC1. The highest BCUT2D eigenvalue weighted by Crippen LogP contribution is 2.35. The maximum absolute atomic E-state index is 13.1. The molecule has 6 atom stereocenters. The van der Waals surface area contributed by atoms with E-state index in [1.807, 2.05) is 7.11 Å². The molecule has 3 aliphatic heterocycles. The van der Waals surface area contributed by atoms with Crippen LogP contribution in [0.15, 0.2) is 0 Å². The molecule has 3 N–H and O–H groups in total. The molecular formula is C30H56N6O3. The fraction of sp³-hybridized carbons (Fsp3) is 0.967. The first-order valence-corrected chi connectivity index (χ1v) is 16.2. The van der Waals surface area contributed by atoms with E-state index in [1.165, 1.54) is 57.8 Å². The normalized spacial score (nSPS) is 34.9. The summed E-state index contributed by atoms with van der Waals surface area (Å²) in [5.74, 6) is 0.934. The zero-order chi connectivity index (χ0) is 27.0. The van der Waals surface area contributed by atoms with Crippen molar-refractivity contribution >= 4 is 5.91 Å². The number of hydrazine groups is 1. The highest BCUT2D eigenvalue weighted by Gasteiger charge is 2.44. The number of ether oxygens (including phenoxy) is 2. The van der Waals surface area contributed by atoms with Gasteiger partial charge < -0.3 is 20.1 Å². The Morgan fingerprint density at radius 2 is 1.79 bits per heavy atom. The predicted molar refractivity (Wildman–Crippen MR) is 155 cm³/mol. The molecule has 0 radical (unpaired) electrons. The third kappa shape index (κ3) is 7.53. The monoisotopic (exact) mass is 548 g/mol. The maximum Gasteiger partial charge on any atom is 0.221 e. The first-order chi connectivity index (χ1) is 19.2. The van der Waals surface area contributed by atoms with E-state index in [2.05, 4.69) is 30.9 Å². The highest BCUT2D eigenvalue weighted by molar-refractivity contribution is 5.76. The van der Waals surface area contributed by atoms with Crippen LogP contribution in [-0.2, 0) is 14.3 Å². The van der Waals surface area contributed by atoms with Crippen LogP contribution in [0, 0.1) is 5.92 Å². The number of hydrogen-bond acceptors (Lipinski definition) is 8. The standard InChI is InChI=1S/C30H56N6O3/c1-38-21-15-31-28(37)22-26(25-13-18-36(33-25)24-9-4-3-5-10-24)34-16-7-17-35(20-19-34)30-27(39-2)12-11-23-8-6-14-32-29(23)30/h23-27,29-30,32-33H,3-22H2,1-2H3,(H,31,37). The molecule has 9 heteroatoms. The lowest BCUT2D eigenvalue weighted by atomic mass is 9.74. The zero-order valence-corrected chi connectivity index (χ0v) is 24.7. The maximum atomic E-state index is 13.1. The quantitative estimate of drug-likeness (QED) is 0.358. The summed E-state index contributed by atoms with van der Waals surface area (Å²) in [7, 11) is 3.60. The van der Waals surface area contributed by atoms with Crippen LogP contribution >= 0.6 is 0 Å². The van der Waals surface area contributed by atoms with Crippen LogP contribution in [0.5, 0.6) is 0 Å². The van der Waals surface area contributed by atoms with Crippen molar-refractivity contribution in [3.8, 4) is 0 Å². The number of methoxy groups -OCH3 is 2. The van der Waals surface area contributed by atoms with Crippen LogP contribution in [0.25, 0.3) is 0 Å². The number of amides is 1. The van der Waals surface area contributed by atoms with Gasteiger partial charge in [0.1, 0.15) is 0 Å². The van der Waals surface area contributed by atoms with E-state index < -0.39 is 0 Å². The third-order valence-corrected chi connectivity index (χ3v) is 10.5. The second-order valence-corrected chi connectivity index (χ2v) is 12.8. The van der Waals surface area contributed by atoms with Crippen LogP contribution in [0.4, 0.5) is 0 Å². The van der Waals surface area contributed by atoms with Crippen LogP contribution in [0.3, 0.4) is 0 Å². The van der Waals surface area contributed by atoms with Gasteiger partial charge in [-0.2, -0.15) is 0 Å². The Balaban J connectivity index is 1.25. The molecule has 39 heavy (non-hydrogen) atoms. The van der Waals surface area contributed by atoms with Crippen LogP contribution < -0.4 is 16.1 Å². The van der Waals surface area contributed by atoms with Gasteiger partial charge in [-0.3, -0.25) is 20.0 Å². The minimum absolute atomic E-state index is 0.150. The molecule has 0 aromatic carbocycles. The van der Waals surface area contributed by atoms with Crippen molar-refractivity contribution in [2.45, 2.75) is 113 Å². The Morgan fingerprint density at radius 3 is 2.62 bits per heavy atom. The molecule has 6 unspecified atom stereocenters. The van der Waals surface area contributed by atoms with Crippen molar-refractivity contribution in [2.75, 3.05) is 66.6 Å². The molecule has 5 aliphatic rings. The second-order valence-electron chi connectivity index (χ2n) is 12.8. The Kier molecular flexibility index (Phi) is 11.3. The molecule has 3 heterocycles. The number of carbonyl (C=O) groups excluding carboxylic acids is 1. The summed E-state index contributed by atoms with van der Waals surface area (Å²) in [6.07, 6.45) is 14.9. The second kappa shape index (κ2) is 14.9. The molecule has 0 aromatic rings. The summed E-state index contributed by atoms with van der Waals surface area (Å²) < 4.78 is 11.3. The van der Waals surface area contributed by atoms with Gasteiger partial charge in [0.2, 0.25) is 5.91 Å². The van der Waals surface area contributed by atoms with Gasteiger partial charge in [-0.25, -0.2) is 5.01 Å². The molecule has 5 rings (SSSR count). The molecule has 3 saturated heterocycles. The van der Waals surface area contributed by atoms with E-state index in [0.717, 1.165) is 58.0 Å². The van der Waals surface area contributed by atoms with Crippen LogP contribution in [0.2, 0.25) is 0 Å². The Hall–Kier alpha value is -0.810. The van der Waals surface area contributed by atoms with Gasteiger partial charge in [0.05, 0.1) is 18.8 Å². The van der Waals surface area contributed by atoms with Crippen molar-refractivity contribution < 1.29 is 14.3 Å². The summed E-state index contributed by atoms with van der Waals surface area (Å²) in [6, 6.07) is 2.21. The Morgan fingerprint density at radius 1 is 0.923 bits per heavy atom. The van der Waals surface area contributed by atoms with E-state index in [-0.39, 0.29) is 11.9 Å². The van der Waals surface area contributed by atoms with Crippen molar-refractivity contribution in [1.82, 2.24) is 30.9 Å². The van der Waals surface area contributed by atoms with Gasteiger partial charge >= 0.3 is 0 Å². The number of nitrogens with one attached hydrogen (secondary N) is 3. The summed E-state index contributed by atoms with van der Waals surface area (Å²) in [5.41, 5.74) is 3.92. The summed E-state index contributed by atoms with van der Waals surface area (Å²) in [4.78, 5) is 18.5. The molecule has 2 saturated carbocycles. The summed E-state index contributed by atoms with van der Waals surface area (Å²) >= 11 is 0. The fourth-order valence-corrected chi connectivity index (χ4v) is 8.45. The van der Waals surface area contributed by atoms with Gasteiger partial charge in [-0.15, -0.1) is 0 Å². The number of piperidine rings is 1. The van der Waals surface area contributed by atoms with E-state index in [9.17, 15) is 4.79 Å². The minimum atomic E-state index is 0.150. The number of nitrogens with zero attached hydrogens (tertiary/aromatic N) is 3. The van der Waals surface area contributed by atoms with Crippen molar-refractivity contribution in [3.63, 3.8) is 0 Å². The van der Waals surface area contributed by atoms with Crippen LogP contribution in [-0.4, -0.2) is 124 Å². The van der Waals surface area contributed by atoms with Gasteiger partial charge in [0.15, 0.2) is 0 Å². The molecule has 1 amide bonds. The van der Waals surface area contributed by atoms with Crippen LogP contribution in [0.1, 0.15) is 77.0 Å². The third-order valence-electron chi connectivity index (χ3n) is 10.5. The Labute approximate surface area is 237 Å². The van der Waals surface area contributed by atoms with Gasteiger partial charge in [-0.05, 0) is 76.9 Å². The first-order valence-electron chi connectivity index (χ1n) is 16.2. The molecule has 224 valence electrons. The summed E-state index contributed by atoms with van der Waals surface area (Å²) in [6.45, 7) is 7.62. The predicted octanol–water partition coefficient (Wildman–Crippen LogP) is 1.97. The van der Waals surface area contributed by atoms with Gasteiger partial charge in [-0.1, -0.05) is 19.3 Å². The molecule has 2 aliphatic carbocycles. The lowest BCUT2D eigenvalue weighted by Gasteiger charge is -2.49. The minimum Gasteiger partial charge on any atom is -0.383 e. The van der Waals surface area contributed by atoms with E-state index >= 15 is 0 Å². The smallest absolute Gasteiger partial charge is 0.221 e. The Bertz CT molecular complexity index is 752. The van der Waals surface area contributed by atoms with E-state index in [4.69, 9.17) is 9.47 Å². The van der Waals surface area contributed by atoms with Crippen molar-refractivity contribution in [1.29, 1.82) is 0 Å². The van der Waals surface area contributed by atoms with E-state index in [0.29, 0.717) is 49.8 Å².